The molecule has 1 aliphatic rings. The summed E-state index contributed by atoms with van der Waals surface area (Å²) in [5.74, 6) is -0.0916. The van der Waals surface area contributed by atoms with Gasteiger partial charge in [0.05, 0.1) is 0 Å². The lowest BCUT2D eigenvalue weighted by atomic mass is 9.97. The molecule has 1 aliphatic carbocycles. The summed E-state index contributed by atoms with van der Waals surface area (Å²) in [5, 5.41) is 8.60. The smallest absolute Gasteiger partial charge is 0.319 e. The van der Waals surface area contributed by atoms with E-state index in [9.17, 15) is 9.59 Å². The Morgan fingerprint density at radius 1 is 1.16 bits per heavy atom. The minimum atomic E-state index is -0.215. The molecule has 2 rings (SSSR count). The molecule has 1 unspecified atom stereocenters. The number of benzene rings is 1. The maximum Gasteiger partial charge on any atom is 0.319 e. The van der Waals surface area contributed by atoms with Crippen molar-refractivity contribution < 1.29 is 9.59 Å². The summed E-state index contributed by atoms with van der Waals surface area (Å²) >= 11 is 0. The Morgan fingerprint density at radius 3 is 2.56 bits per heavy atom. The lowest BCUT2D eigenvalue weighted by Gasteiger charge is -2.13. The summed E-state index contributed by atoms with van der Waals surface area (Å²) in [5.41, 5.74) is 2.72. The van der Waals surface area contributed by atoms with Crippen LogP contribution in [0.1, 0.15) is 62.7 Å². The molecule has 3 amide bonds. The van der Waals surface area contributed by atoms with Gasteiger partial charge in [-0.25, -0.2) is 4.79 Å². The fraction of sp³-hybridized carbons (Fsp3) is 0.500. The predicted octanol–water partition coefficient (Wildman–Crippen LogP) is 4.23. The molecule has 0 aromatic heterocycles. The molecule has 0 heterocycles. The number of hydrogen-bond acceptors (Lipinski definition) is 2. The first-order valence-corrected chi connectivity index (χ1v) is 9.22. The van der Waals surface area contributed by atoms with Crippen LogP contribution in [0.2, 0.25) is 0 Å². The van der Waals surface area contributed by atoms with Gasteiger partial charge in [0.15, 0.2) is 0 Å². The third-order valence-electron chi connectivity index (χ3n) is 4.51. The van der Waals surface area contributed by atoms with Gasteiger partial charge in [-0.2, -0.15) is 0 Å². The number of urea groups is 1. The largest absolute Gasteiger partial charge is 0.350 e. The van der Waals surface area contributed by atoms with Crippen molar-refractivity contribution in [1.82, 2.24) is 10.6 Å². The van der Waals surface area contributed by atoms with Crippen LogP contribution in [0.15, 0.2) is 35.9 Å². The standard InChI is InChI=1S/C20H29N3O2/c1-3-15(2)22-19(24)17-9-11-18(12-10-17)23-20(25)21-14-13-16-7-5-4-6-8-16/h7,9-12,15H,3-6,8,13-14H2,1-2H3,(H,22,24)(H2,21,23,25). The Kier molecular flexibility index (Phi) is 7.51. The molecule has 0 fully saturated rings. The Balaban J connectivity index is 1.75. The zero-order chi connectivity index (χ0) is 18.1. The normalized spacial score (nSPS) is 15.0. The van der Waals surface area contributed by atoms with E-state index in [-0.39, 0.29) is 18.0 Å². The Morgan fingerprint density at radius 2 is 1.92 bits per heavy atom. The highest BCUT2D eigenvalue weighted by atomic mass is 16.2. The summed E-state index contributed by atoms with van der Waals surface area (Å²) < 4.78 is 0. The van der Waals surface area contributed by atoms with Gasteiger partial charge in [0, 0.05) is 23.8 Å². The summed E-state index contributed by atoms with van der Waals surface area (Å²) in [6, 6.07) is 6.87. The fourth-order valence-corrected chi connectivity index (χ4v) is 2.76. The van der Waals surface area contributed by atoms with Crippen molar-refractivity contribution in [2.75, 3.05) is 11.9 Å². The molecule has 5 nitrogen and oxygen atoms in total. The van der Waals surface area contributed by atoms with E-state index in [0.717, 1.165) is 19.3 Å². The number of hydrogen-bond donors (Lipinski definition) is 3. The molecule has 0 spiro atoms. The molecule has 1 atom stereocenters. The van der Waals surface area contributed by atoms with E-state index in [4.69, 9.17) is 0 Å². The van der Waals surface area contributed by atoms with Crippen LogP contribution in [0.25, 0.3) is 0 Å². The number of amides is 3. The van der Waals surface area contributed by atoms with Crippen LogP contribution in [0.4, 0.5) is 10.5 Å². The van der Waals surface area contributed by atoms with Gasteiger partial charge in [-0.3, -0.25) is 4.79 Å². The number of carbonyl (C=O) groups excluding carboxylic acids is 2. The minimum absolute atomic E-state index is 0.0916. The fourth-order valence-electron chi connectivity index (χ4n) is 2.76. The molecule has 5 heteroatoms. The summed E-state index contributed by atoms with van der Waals surface area (Å²) in [6.07, 6.45) is 8.97. The number of anilines is 1. The first-order valence-electron chi connectivity index (χ1n) is 9.22. The third-order valence-corrected chi connectivity index (χ3v) is 4.51. The maximum absolute atomic E-state index is 12.0. The first-order chi connectivity index (χ1) is 12.1. The topological polar surface area (TPSA) is 70.2 Å². The van der Waals surface area contributed by atoms with Crippen LogP contribution < -0.4 is 16.0 Å². The molecule has 1 aromatic carbocycles. The molecule has 0 aliphatic heterocycles. The van der Waals surface area contributed by atoms with E-state index in [1.807, 2.05) is 13.8 Å². The molecule has 1 aromatic rings. The highest BCUT2D eigenvalue weighted by molar-refractivity contribution is 5.95. The van der Waals surface area contributed by atoms with Gasteiger partial charge in [-0.05, 0) is 69.7 Å². The molecule has 25 heavy (non-hydrogen) atoms. The van der Waals surface area contributed by atoms with Crippen molar-refractivity contribution in [3.8, 4) is 0 Å². The van der Waals surface area contributed by atoms with Gasteiger partial charge >= 0.3 is 6.03 Å². The van der Waals surface area contributed by atoms with E-state index in [0.29, 0.717) is 17.8 Å². The number of nitrogens with one attached hydrogen (secondary N) is 3. The molecule has 0 radical (unpaired) electrons. The SMILES string of the molecule is CCC(C)NC(=O)c1ccc(NC(=O)NCCC2=CCCCC2)cc1. The van der Waals surface area contributed by atoms with Crippen LogP contribution in [-0.4, -0.2) is 24.5 Å². The zero-order valence-corrected chi connectivity index (χ0v) is 15.2. The van der Waals surface area contributed by atoms with Crippen molar-refractivity contribution in [2.24, 2.45) is 0 Å². The highest BCUT2D eigenvalue weighted by Gasteiger charge is 2.09. The zero-order valence-electron chi connectivity index (χ0n) is 15.2. The van der Waals surface area contributed by atoms with Crippen molar-refractivity contribution >= 4 is 17.6 Å². The van der Waals surface area contributed by atoms with Gasteiger partial charge in [0.1, 0.15) is 0 Å². The van der Waals surface area contributed by atoms with Crippen molar-refractivity contribution in [2.45, 2.75) is 58.4 Å². The van der Waals surface area contributed by atoms with Gasteiger partial charge < -0.3 is 16.0 Å². The van der Waals surface area contributed by atoms with E-state index in [1.165, 1.54) is 24.8 Å². The summed E-state index contributed by atoms with van der Waals surface area (Å²) in [4.78, 5) is 24.0. The van der Waals surface area contributed by atoms with Gasteiger partial charge in [-0.1, -0.05) is 18.6 Å². The Hall–Kier alpha value is -2.30. The van der Waals surface area contributed by atoms with Gasteiger partial charge in [0.25, 0.3) is 5.91 Å². The maximum atomic E-state index is 12.0. The molecular formula is C20H29N3O2. The number of carbonyl (C=O) groups is 2. The van der Waals surface area contributed by atoms with E-state index in [1.54, 1.807) is 24.3 Å². The predicted molar refractivity (Wildman–Crippen MR) is 102 cm³/mol. The second-order valence-corrected chi connectivity index (χ2v) is 6.60. The lowest BCUT2D eigenvalue weighted by Crippen LogP contribution is -2.32. The Bertz CT molecular complexity index is 608. The second-order valence-electron chi connectivity index (χ2n) is 6.60. The second kappa shape index (κ2) is 9.87. The quantitative estimate of drug-likeness (QED) is 0.649. The van der Waals surface area contributed by atoms with E-state index < -0.39 is 0 Å². The summed E-state index contributed by atoms with van der Waals surface area (Å²) in [6.45, 7) is 4.65. The van der Waals surface area contributed by atoms with Gasteiger partial charge in [-0.15, -0.1) is 0 Å². The molecular weight excluding hydrogens is 314 g/mol. The van der Waals surface area contributed by atoms with Crippen LogP contribution in [0.5, 0.6) is 0 Å². The third kappa shape index (κ3) is 6.61. The number of rotatable bonds is 7. The average molecular weight is 343 g/mol. The number of allylic oxidation sites excluding steroid dienone is 1. The molecule has 0 bridgehead atoms. The monoisotopic (exact) mass is 343 g/mol. The van der Waals surface area contributed by atoms with E-state index >= 15 is 0 Å². The van der Waals surface area contributed by atoms with Crippen LogP contribution in [-0.2, 0) is 0 Å². The van der Waals surface area contributed by atoms with Crippen molar-refractivity contribution in [1.29, 1.82) is 0 Å². The molecule has 0 saturated heterocycles. The van der Waals surface area contributed by atoms with Crippen LogP contribution in [0, 0.1) is 0 Å². The van der Waals surface area contributed by atoms with E-state index in [2.05, 4.69) is 22.0 Å². The van der Waals surface area contributed by atoms with Crippen molar-refractivity contribution in [3.05, 3.63) is 41.5 Å². The van der Waals surface area contributed by atoms with Crippen LogP contribution >= 0.6 is 0 Å². The minimum Gasteiger partial charge on any atom is -0.350 e. The first kappa shape index (κ1) is 19.0. The highest BCUT2D eigenvalue weighted by Crippen LogP contribution is 2.19. The molecule has 3 N–H and O–H groups in total. The Labute approximate surface area is 150 Å². The van der Waals surface area contributed by atoms with Gasteiger partial charge in [0.2, 0.25) is 0 Å². The molecule has 136 valence electrons. The average Bonchev–Trinajstić information content (AvgIpc) is 2.63. The van der Waals surface area contributed by atoms with Crippen molar-refractivity contribution in [3.63, 3.8) is 0 Å². The molecule has 0 saturated carbocycles. The summed E-state index contributed by atoms with van der Waals surface area (Å²) in [7, 11) is 0. The van der Waals surface area contributed by atoms with Crippen LogP contribution in [0.3, 0.4) is 0 Å². The lowest BCUT2D eigenvalue weighted by molar-refractivity contribution is 0.0939.